The summed E-state index contributed by atoms with van der Waals surface area (Å²) in [4.78, 5) is 0. The maximum atomic E-state index is 8.50. The molecule has 0 aromatic heterocycles. The Kier molecular flexibility index (Phi) is 97.0. The summed E-state index contributed by atoms with van der Waals surface area (Å²) >= 11 is -2.00. The van der Waals surface area contributed by atoms with E-state index in [0.717, 1.165) is 0 Å². The van der Waals surface area contributed by atoms with E-state index in [1.54, 1.807) is 0 Å². The summed E-state index contributed by atoms with van der Waals surface area (Å²) in [6.45, 7) is 0. The van der Waals surface area contributed by atoms with Crippen LogP contribution in [0.1, 0.15) is 0 Å². The van der Waals surface area contributed by atoms with E-state index >= 15 is 0 Å². The molecule has 5 heteroatoms. The van der Waals surface area contributed by atoms with Gasteiger partial charge in [-0.05, 0) is 0 Å². The van der Waals surface area contributed by atoms with E-state index in [4.69, 9.17) is 7.01 Å². The van der Waals surface area contributed by atoms with Crippen LogP contribution in [0.5, 0.6) is 0 Å². The third-order valence-electron chi connectivity index (χ3n) is 0. The summed E-state index contributed by atoms with van der Waals surface area (Å²) in [7, 11) is 0. The maximum absolute atomic E-state index is 8.50. The first kappa shape index (κ1) is 18.3. The van der Waals surface area contributed by atoms with Gasteiger partial charge in [-0.1, -0.05) is 0 Å². The average Bonchev–Trinajstić information content (AvgIpc) is 0.918. The second-order valence-corrected chi connectivity index (χ2v) is 0.344. The molecule has 0 radical (unpaired) electrons. The molecule has 0 unspecified atom stereocenters. The molecule has 0 bridgehead atoms. The van der Waals surface area contributed by atoms with Gasteiger partial charge in [0.05, 0.1) is 0 Å². The van der Waals surface area contributed by atoms with Crippen molar-refractivity contribution in [2.45, 2.75) is 0 Å². The van der Waals surface area contributed by atoms with Crippen molar-refractivity contribution in [3.63, 3.8) is 0 Å². The van der Waals surface area contributed by atoms with Crippen molar-refractivity contribution in [1.29, 1.82) is 0 Å². The molecular formula is H5FNO2Ti. The van der Waals surface area contributed by atoms with Crippen molar-refractivity contribution in [1.82, 2.24) is 6.15 Å². The van der Waals surface area contributed by atoms with Crippen molar-refractivity contribution >= 4 is 0 Å². The molecule has 0 rings (SSSR count). The van der Waals surface area contributed by atoms with E-state index < -0.39 is 19.5 Å². The van der Waals surface area contributed by atoms with E-state index in [2.05, 4.69) is 0 Å². The Morgan fingerprint density at radius 1 is 1.60 bits per heavy atom. The first-order valence-electron chi connectivity index (χ1n) is 0.408. The van der Waals surface area contributed by atoms with Gasteiger partial charge in [0.1, 0.15) is 0 Å². The van der Waals surface area contributed by atoms with Gasteiger partial charge in [0.15, 0.2) is 0 Å². The van der Waals surface area contributed by atoms with Crippen molar-refractivity contribution in [2.24, 2.45) is 0 Å². The van der Waals surface area contributed by atoms with Crippen LogP contribution in [0.3, 0.4) is 0 Å². The van der Waals surface area contributed by atoms with Crippen LogP contribution in [0.2, 0.25) is 0 Å². The SMILES string of the molecule is F.[NH4+].[O]=[Ti][O-]. The predicted octanol–water partition coefficient (Wildman–Crippen LogP) is -0.782. The Morgan fingerprint density at radius 3 is 1.60 bits per heavy atom. The van der Waals surface area contributed by atoms with Gasteiger partial charge in [-0.15, -0.1) is 0 Å². The molecule has 33 valence electrons. The summed E-state index contributed by atoms with van der Waals surface area (Å²) in [6, 6.07) is 0. The van der Waals surface area contributed by atoms with E-state index in [1.807, 2.05) is 0 Å². The van der Waals surface area contributed by atoms with E-state index in [1.165, 1.54) is 0 Å². The molecule has 5 heavy (non-hydrogen) atoms. The number of halogens is 1. The molecule has 0 heterocycles. The van der Waals surface area contributed by atoms with Crippen LogP contribution >= 0.6 is 0 Å². The zero-order chi connectivity index (χ0) is 2.71. The summed E-state index contributed by atoms with van der Waals surface area (Å²) in [5.41, 5.74) is 0. The van der Waals surface area contributed by atoms with Gasteiger partial charge >= 0.3 is 26.5 Å². The van der Waals surface area contributed by atoms with Gasteiger partial charge in [-0.3, -0.25) is 4.70 Å². The second kappa shape index (κ2) is 26.5. The molecule has 0 aromatic carbocycles. The van der Waals surface area contributed by atoms with Crippen LogP contribution in [0.25, 0.3) is 0 Å². The first-order chi connectivity index (χ1) is 1.41. The second-order valence-electron chi connectivity index (χ2n) is 0.0833. The molecule has 0 aliphatic rings. The molecule has 0 saturated heterocycles. The van der Waals surface area contributed by atoms with E-state index in [9.17, 15) is 0 Å². The van der Waals surface area contributed by atoms with E-state index in [-0.39, 0.29) is 10.9 Å². The van der Waals surface area contributed by atoms with Crippen LogP contribution in [0, 0.1) is 0 Å². The predicted molar refractivity (Wildman–Crippen MR) is 9.17 cm³/mol. The third kappa shape index (κ3) is 184. The minimum absolute atomic E-state index is 0. The molecule has 3 nitrogen and oxygen atoms in total. The Labute approximate surface area is 38.1 Å². The third-order valence-corrected chi connectivity index (χ3v) is 0. The summed E-state index contributed by atoms with van der Waals surface area (Å²) in [5, 5.41) is 0. The van der Waals surface area contributed by atoms with Crippen molar-refractivity contribution in [3.8, 4) is 0 Å². The van der Waals surface area contributed by atoms with Crippen LogP contribution in [-0.2, 0) is 22.8 Å². The van der Waals surface area contributed by atoms with Gasteiger partial charge in [-0.25, -0.2) is 0 Å². The molecule has 0 aliphatic heterocycles. The summed E-state index contributed by atoms with van der Waals surface area (Å²) < 4.78 is 17.0. The number of rotatable bonds is 0. The first-order valence-corrected chi connectivity index (χ1v) is 1.68. The normalized spacial score (nSPS) is 1.80. The molecule has 0 spiro atoms. The Hall–Kier alpha value is 0.364. The van der Waals surface area contributed by atoms with Gasteiger partial charge in [0, 0.05) is 0 Å². The quantitative estimate of drug-likeness (QED) is 0.423. The fourth-order valence-electron chi connectivity index (χ4n) is 0. The zero-order valence-corrected chi connectivity index (χ0v) is 4.29. The molecule has 0 saturated carbocycles. The minimum atomic E-state index is -2.00. The van der Waals surface area contributed by atoms with Gasteiger partial charge in [-0.2, -0.15) is 0 Å². The molecular weight excluding hydrogens is 113 g/mol. The summed E-state index contributed by atoms with van der Waals surface area (Å²) in [6.07, 6.45) is 0. The van der Waals surface area contributed by atoms with Gasteiger partial charge in [0.25, 0.3) is 0 Å². The number of quaternary nitrogens is 1. The van der Waals surface area contributed by atoms with Crippen LogP contribution in [-0.4, -0.2) is 0 Å². The van der Waals surface area contributed by atoms with Crippen LogP contribution in [0.4, 0.5) is 4.70 Å². The average molecular weight is 118 g/mol. The molecule has 0 fully saturated rings. The standard InChI is InChI=1S/FH.H3N.2O.Ti/h1H;1H3;;;/q;;;-1;/p+1. The fourth-order valence-corrected chi connectivity index (χ4v) is 0. The topological polar surface area (TPSA) is 76.6 Å². The Bertz CT molecular complexity index is 17.1. The molecule has 0 atom stereocenters. The fraction of sp³-hybridized carbons (Fsp3) is 0. The Balaban J connectivity index is -0.0000000200. The Morgan fingerprint density at radius 2 is 1.60 bits per heavy atom. The van der Waals surface area contributed by atoms with E-state index in [0.29, 0.717) is 0 Å². The van der Waals surface area contributed by atoms with Crippen molar-refractivity contribution in [2.75, 3.05) is 0 Å². The van der Waals surface area contributed by atoms with Crippen molar-refractivity contribution < 1.29 is 31.2 Å². The molecule has 0 aromatic rings. The van der Waals surface area contributed by atoms with Crippen LogP contribution in [0.15, 0.2) is 0 Å². The zero-order valence-electron chi connectivity index (χ0n) is 2.72. The molecule has 0 amide bonds. The number of hydrogen-bond donors (Lipinski definition) is 1. The van der Waals surface area contributed by atoms with Gasteiger partial charge in [0.2, 0.25) is 0 Å². The van der Waals surface area contributed by atoms with Gasteiger partial charge < -0.3 is 6.15 Å². The number of hydrogen-bond acceptors (Lipinski definition) is 2. The molecule has 4 N–H and O–H groups in total. The van der Waals surface area contributed by atoms with Crippen molar-refractivity contribution in [3.05, 3.63) is 0 Å². The van der Waals surface area contributed by atoms with Crippen LogP contribution < -0.4 is 9.84 Å². The summed E-state index contributed by atoms with van der Waals surface area (Å²) in [5.74, 6) is 0. The molecule has 0 aliphatic carbocycles. The monoisotopic (exact) mass is 118 g/mol.